The topological polar surface area (TPSA) is 74.8 Å². The molecule has 380 valence electrons. The van der Waals surface area contributed by atoms with E-state index in [1.807, 2.05) is 54.6 Å². The third-order valence-corrected chi connectivity index (χ3v) is 17.8. The molecule has 73 heavy (non-hydrogen) atoms. The molecule has 10 rings (SSSR count). The first-order valence-corrected chi connectivity index (χ1v) is 29.4. The average molecular weight is 1040 g/mol. The Kier molecular flexibility index (Phi) is 15.5. The van der Waals surface area contributed by atoms with Crippen molar-refractivity contribution >= 4 is 88.3 Å². The monoisotopic (exact) mass is 1040 g/mol. The molecule has 7 aromatic carbocycles. The number of rotatable bonds is 26. The second-order valence-electron chi connectivity index (χ2n) is 22.0. The lowest BCUT2D eigenvalue weighted by atomic mass is 9.70. The highest BCUT2D eigenvalue weighted by Gasteiger charge is 2.45. The molecule has 2 heterocycles. The highest BCUT2D eigenvalue weighted by molar-refractivity contribution is 9.10. The van der Waals surface area contributed by atoms with E-state index >= 15 is 9.59 Å². The van der Waals surface area contributed by atoms with Crippen molar-refractivity contribution < 1.29 is 19.2 Å². The first-order valence-electron chi connectivity index (χ1n) is 28.6. The van der Waals surface area contributed by atoms with E-state index in [9.17, 15) is 9.59 Å². The van der Waals surface area contributed by atoms with Crippen LogP contribution in [0.5, 0.6) is 0 Å². The number of hydrogen-bond donors (Lipinski definition) is 0. The zero-order valence-electron chi connectivity index (χ0n) is 44.0. The van der Waals surface area contributed by atoms with Crippen molar-refractivity contribution in [3.63, 3.8) is 0 Å². The van der Waals surface area contributed by atoms with Crippen LogP contribution >= 0.6 is 15.9 Å². The Morgan fingerprint density at radius 1 is 0.397 bits per heavy atom. The van der Waals surface area contributed by atoms with Crippen LogP contribution in [0.1, 0.15) is 234 Å². The first kappa shape index (κ1) is 51.1. The lowest BCUT2D eigenvalue weighted by molar-refractivity contribution is 0.0516. The Balaban J connectivity index is 1.03. The molecule has 0 radical (unpaired) electrons. The van der Waals surface area contributed by atoms with E-state index in [0.717, 1.165) is 127 Å². The molecule has 0 fully saturated rings. The molecule has 7 heteroatoms. The summed E-state index contributed by atoms with van der Waals surface area (Å²) >= 11 is 3.86. The molecule has 7 aromatic rings. The fourth-order valence-electron chi connectivity index (χ4n) is 13.5. The number of fused-ring (bicyclic) bond motifs is 5. The lowest BCUT2D eigenvalue weighted by Crippen LogP contribution is -2.47. The highest BCUT2D eigenvalue weighted by atomic mass is 79.9. The van der Waals surface area contributed by atoms with Crippen molar-refractivity contribution in [2.45, 2.75) is 193 Å². The van der Waals surface area contributed by atoms with Gasteiger partial charge in [-0.25, -0.2) is 4.90 Å². The zero-order chi connectivity index (χ0) is 50.8. The highest BCUT2D eigenvalue weighted by Crippen LogP contribution is 2.56. The summed E-state index contributed by atoms with van der Waals surface area (Å²) in [5, 5.41) is 6.78. The van der Waals surface area contributed by atoms with Crippen molar-refractivity contribution in [2.75, 3.05) is 4.90 Å². The van der Waals surface area contributed by atoms with Gasteiger partial charge in [0.2, 0.25) is 0 Å². The third-order valence-electron chi connectivity index (χ3n) is 17.3. The van der Waals surface area contributed by atoms with Crippen molar-refractivity contribution in [1.82, 2.24) is 4.90 Å². The van der Waals surface area contributed by atoms with E-state index in [-0.39, 0.29) is 35.1 Å². The van der Waals surface area contributed by atoms with Gasteiger partial charge in [-0.3, -0.25) is 24.1 Å². The smallest absolute Gasteiger partial charge is 0.265 e. The van der Waals surface area contributed by atoms with Gasteiger partial charge in [-0.2, -0.15) is 0 Å². The molecule has 6 nitrogen and oxygen atoms in total. The van der Waals surface area contributed by atoms with Crippen LogP contribution in [0.25, 0.3) is 54.2 Å². The van der Waals surface area contributed by atoms with Gasteiger partial charge in [0, 0.05) is 49.0 Å². The Morgan fingerprint density at radius 2 is 0.767 bits per heavy atom. The lowest BCUT2D eigenvalue weighted by Gasteiger charge is -2.35. The molecule has 2 aliphatic heterocycles. The molecule has 0 unspecified atom stereocenters. The molecule has 0 saturated carbocycles. The number of halogens is 1. The van der Waals surface area contributed by atoms with Gasteiger partial charge >= 0.3 is 0 Å². The fourth-order valence-corrected chi connectivity index (χ4v) is 13.9. The quantitative estimate of drug-likeness (QED) is 0.0234. The van der Waals surface area contributed by atoms with Crippen LogP contribution in [0.4, 0.5) is 5.69 Å². The van der Waals surface area contributed by atoms with E-state index < -0.39 is 0 Å². The number of hydrogen-bond acceptors (Lipinski definition) is 4. The van der Waals surface area contributed by atoms with Gasteiger partial charge in [0.25, 0.3) is 23.6 Å². The van der Waals surface area contributed by atoms with E-state index in [4.69, 9.17) is 0 Å². The van der Waals surface area contributed by atoms with Crippen LogP contribution in [0.2, 0.25) is 0 Å². The molecule has 3 aliphatic rings. The van der Waals surface area contributed by atoms with Crippen molar-refractivity contribution in [3.8, 4) is 11.1 Å². The van der Waals surface area contributed by atoms with Crippen molar-refractivity contribution in [3.05, 3.63) is 123 Å². The summed E-state index contributed by atoms with van der Waals surface area (Å²) in [4.78, 5) is 62.9. The van der Waals surface area contributed by atoms with Crippen LogP contribution in [-0.4, -0.2) is 34.6 Å². The second kappa shape index (κ2) is 22.2. The third kappa shape index (κ3) is 9.12. The van der Waals surface area contributed by atoms with Gasteiger partial charge in [-0.05, 0) is 129 Å². The van der Waals surface area contributed by atoms with Gasteiger partial charge in [0.05, 0.1) is 5.69 Å². The summed E-state index contributed by atoms with van der Waals surface area (Å²) in [5.41, 5.74) is 7.62. The Bertz CT molecular complexity index is 3070. The van der Waals surface area contributed by atoms with Gasteiger partial charge < -0.3 is 0 Å². The maximum absolute atomic E-state index is 15.2. The van der Waals surface area contributed by atoms with Gasteiger partial charge in [0.15, 0.2) is 0 Å². The van der Waals surface area contributed by atoms with Gasteiger partial charge in [-0.1, -0.05) is 208 Å². The Morgan fingerprint density at radius 3 is 1.22 bits per heavy atom. The number of unbranched alkanes of at least 4 members (excludes halogenated alkanes) is 16. The summed E-state index contributed by atoms with van der Waals surface area (Å²) in [6, 6.07) is 28.7. The Labute approximate surface area is 442 Å². The summed E-state index contributed by atoms with van der Waals surface area (Å²) < 4.78 is 1.08. The number of imide groups is 2. The van der Waals surface area contributed by atoms with Gasteiger partial charge in [-0.15, -0.1) is 0 Å². The van der Waals surface area contributed by atoms with E-state index in [2.05, 4.69) is 74.0 Å². The molecular weight excluding hydrogens is 965 g/mol. The van der Waals surface area contributed by atoms with Crippen molar-refractivity contribution in [2.24, 2.45) is 0 Å². The predicted octanol–water partition coefficient (Wildman–Crippen LogP) is 19.0. The molecular formula is C66H75BrN2O4. The van der Waals surface area contributed by atoms with Crippen molar-refractivity contribution in [1.29, 1.82) is 0 Å². The number of carbonyl (C=O) groups is 4. The number of anilines is 1. The van der Waals surface area contributed by atoms with Crippen LogP contribution < -0.4 is 4.90 Å². The van der Waals surface area contributed by atoms with Crippen LogP contribution in [0.3, 0.4) is 0 Å². The molecule has 0 atom stereocenters. The van der Waals surface area contributed by atoms with Crippen LogP contribution in [-0.2, 0) is 5.41 Å². The van der Waals surface area contributed by atoms with E-state index in [1.54, 1.807) is 4.90 Å². The molecule has 1 aliphatic carbocycles. The molecule has 0 saturated heterocycles. The number of carbonyl (C=O) groups excluding carboxylic acids is 4. The first-order chi connectivity index (χ1) is 35.7. The summed E-state index contributed by atoms with van der Waals surface area (Å²) in [6.45, 7) is 8.95. The summed E-state index contributed by atoms with van der Waals surface area (Å²) in [7, 11) is 0. The average Bonchev–Trinajstić information content (AvgIpc) is 3.66. The standard InChI is InChI=1S/C66H75BrN2O4/c1-5-9-13-17-19-23-39-66(40-24-20-18-14-10-6-2)56-41-43(67)27-29-46(56)47-30-28-45(42-57(47)66)69-64(72)54-37-33-50-48-31-35-52-60-53(36-32-49(58(48)60)51-34-38-55(65(69)73)61(54)59(50)51)63(71)68(62(52)70)44(25-21-15-11-7-3)26-22-16-12-8-4/h27-38,41-42,44H,5-26,39-40H2,1-4H3. The van der Waals surface area contributed by atoms with Crippen LogP contribution in [0, 0.1) is 0 Å². The maximum Gasteiger partial charge on any atom is 0.265 e. The summed E-state index contributed by atoms with van der Waals surface area (Å²) in [6.07, 6.45) is 27.1. The number of nitrogens with zero attached hydrogens (tertiary/aromatic N) is 2. The molecule has 4 amide bonds. The van der Waals surface area contributed by atoms with E-state index in [1.165, 1.54) is 91.4 Å². The predicted molar refractivity (Wildman–Crippen MR) is 307 cm³/mol. The Hall–Kier alpha value is -5.40. The SMILES string of the molecule is CCCCCCCCC1(CCCCCCCC)c2cc(Br)ccc2-c2ccc(N3C(=O)c4ccc5c6ccc7c8c(ccc(c9ccc(c4c59)C3=O)c86)C(=O)N(C(CCCCCC)CCCCCC)C7=O)cc21. The largest absolute Gasteiger partial charge is 0.271 e. The zero-order valence-corrected chi connectivity index (χ0v) is 45.6. The molecule has 0 aromatic heterocycles. The molecule has 0 bridgehead atoms. The minimum absolute atomic E-state index is 0.135. The maximum atomic E-state index is 15.2. The second-order valence-corrected chi connectivity index (χ2v) is 22.9. The number of benzene rings is 7. The van der Waals surface area contributed by atoms with Crippen LogP contribution in [0.15, 0.2) is 89.4 Å². The number of amides is 4. The molecule has 0 spiro atoms. The normalized spacial score (nSPS) is 14.9. The van der Waals surface area contributed by atoms with E-state index in [0.29, 0.717) is 38.7 Å². The summed E-state index contributed by atoms with van der Waals surface area (Å²) in [5.74, 6) is -1.03. The minimum Gasteiger partial charge on any atom is -0.271 e. The molecule has 0 N–H and O–H groups in total. The van der Waals surface area contributed by atoms with Gasteiger partial charge in [0.1, 0.15) is 0 Å². The minimum atomic E-state index is -0.317. The fraction of sp³-hybridized carbons (Fsp3) is 0.455.